The van der Waals surface area contributed by atoms with Gasteiger partial charge in [-0.25, -0.2) is 12.7 Å². The Balaban J connectivity index is 2.70. The number of sulfonamides is 1. The molecule has 0 saturated heterocycles. The molecule has 1 fully saturated rings. The molecule has 1 aliphatic carbocycles. The quantitative estimate of drug-likeness (QED) is 0.805. The van der Waals surface area contributed by atoms with Crippen molar-refractivity contribution in [2.24, 2.45) is 5.92 Å². The lowest BCUT2D eigenvalue weighted by Gasteiger charge is -2.36. The zero-order valence-corrected chi connectivity index (χ0v) is 13.0. The SMILES string of the molecule is CCNCC(C)S(=O)(=O)N(C)C1CCCCC1C. The monoisotopic (exact) mass is 276 g/mol. The van der Waals surface area contributed by atoms with Gasteiger partial charge in [0.05, 0.1) is 5.25 Å². The fourth-order valence-corrected chi connectivity index (χ4v) is 4.35. The van der Waals surface area contributed by atoms with Crippen LogP contribution in [-0.4, -0.2) is 44.2 Å². The highest BCUT2D eigenvalue weighted by Gasteiger charge is 2.34. The van der Waals surface area contributed by atoms with E-state index in [-0.39, 0.29) is 11.3 Å². The Hall–Kier alpha value is -0.130. The van der Waals surface area contributed by atoms with Crippen molar-refractivity contribution in [3.8, 4) is 0 Å². The van der Waals surface area contributed by atoms with Crippen molar-refractivity contribution in [3.05, 3.63) is 0 Å². The molecule has 0 aromatic carbocycles. The summed E-state index contributed by atoms with van der Waals surface area (Å²) in [6.07, 6.45) is 4.53. The van der Waals surface area contributed by atoms with Gasteiger partial charge in [-0.3, -0.25) is 0 Å². The minimum Gasteiger partial charge on any atom is -0.316 e. The third-order valence-electron chi connectivity index (χ3n) is 4.12. The first-order valence-electron chi connectivity index (χ1n) is 7.08. The zero-order chi connectivity index (χ0) is 13.8. The lowest BCUT2D eigenvalue weighted by Crippen LogP contribution is -2.47. The predicted octanol–water partition coefficient (Wildman–Crippen LogP) is 1.82. The standard InChI is InChI=1S/C13H28N2O2S/c1-5-14-10-12(3)18(16,17)15(4)13-9-7-6-8-11(13)2/h11-14H,5-10H2,1-4H3. The number of hydrogen-bond donors (Lipinski definition) is 1. The van der Waals surface area contributed by atoms with Crippen LogP contribution in [0.25, 0.3) is 0 Å². The van der Waals surface area contributed by atoms with Crippen LogP contribution < -0.4 is 5.32 Å². The Kier molecular flexibility index (Phi) is 6.08. The highest BCUT2D eigenvalue weighted by atomic mass is 32.2. The van der Waals surface area contributed by atoms with Gasteiger partial charge in [-0.1, -0.05) is 26.7 Å². The molecule has 18 heavy (non-hydrogen) atoms. The number of hydrogen-bond acceptors (Lipinski definition) is 3. The average Bonchev–Trinajstić information content (AvgIpc) is 2.35. The smallest absolute Gasteiger partial charge is 0.217 e. The van der Waals surface area contributed by atoms with Crippen molar-refractivity contribution in [2.75, 3.05) is 20.1 Å². The van der Waals surface area contributed by atoms with Gasteiger partial charge in [-0.05, 0) is 32.2 Å². The first kappa shape index (κ1) is 15.9. The van der Waals surface area contributed by atoms with Crippen molar-refractivity contribution >= 4 is 10.0 Å². The molecule has 1 N–H and O–H groups in total. The first-order valence-corrected chi connectivity index (χ1v) is 8.59. The summed E-state index contributed by atoms with van der Waals surface area (Å²) in [5.41, 5.74) is 0. The van der Waals surface area contributed by atoms with Gasteiger partial charge in [0, 0.05) is 19.6 Å². The summed E-state index contributed by atoms with van der Waals surface area (Å²) in [5.74, 6) is 0.477. The molecule has 4 nitrogen and oxygen atoms in total. The maximum Gasteiger partial charge on any atom is 0.217 e. The minimum absolute atomic E-state index is 0.188. The van der Waals surface area contributed by atoms with E-state index in [2.05, 4.69) is 12.2 Å². The first-order chi connectivity index (χ1) is 8.41. The van der Waals surface area contributed by atoms with Gasteiger partial charge < -0.3 is 5.32 Å². The van der Waals surface area contributed by atoms with Gasteiger partial charge in [0.2, 0.25) is 10.0 Å². The molecule has 0 heterocycles. The molecular weight excluding hydrogens is 248 g/mol. The van der Waals surface area contributed by atoms with Crippen molar-refractivity contribution in [2.45, 2.75) is 57.7 Å². The highest BCUT2D eigenvalue weighted by molar-refractivity contribution is 7.89. The second-order valence-corrected chi connectivity index (χ2v) is 7.92. The van der Waals surface area contributed by atoms with Crippen LogP contribution >= 0.6 is 0 Å². The van der Waals surface area contributed by atoms with Crippen molar-refractivity contribution < 1.29 is 8.42 Å². The van der Waals surface area contributed by atoms with E-state index < -0.39 is 10.0 Å². The van der Waals surface area contributed by atoms with E-state index >= 15 is 0 Å². The van der Waals surface area contributed by atoms with Crippen LogP contribution in [0.1, 0.15) is 46.5 Å². The fraction of sp³-hybridized carbons (Fsp3) is 1.00. The molecule has 0 aromatic rings. The topological polar surface area (TPSA) is 49.4 Å². The van der Waals surface area contributed by atoms with Crippen molar-refractivity contribution in [1.29, 1.82) is 0 Å². The lowest BCUT2D eigenvalue weighted by molar-refractivity contribution is 0.212. The molecule has 0 aliphatic heterocycles. The van der Waals surface area contributed by atoms with Crippen LogP contribution in [0.5, 0.6) is 0 Å². The second kappa shape index (κ2) is 6.87. The van der Waals surface area contributed by atoms with Crippen LogP contribution in [-0.2, 0) is 10.0 Å². The van der Waals surface area contributed by atoms with Crippen molar-refractivity contribution in [1.82, 2.24) is 9.62 Å². The van der Waals surface area contributed by atoms with Gasteiger partial charge in [-0.15, -0.1) is 0 Å². The minimum atomic E-state index is -3.17. The molecule has 1 saturated carbocycles. The molecule has 0 radical (unpaired) electrons. The molecular formula is C13H28N2O2S. The van der Waals surface area contributed by atoms with Crippen LogP contribution in [0, 0.1) is 5.92 Å². The van der Waals surface area contributed by atoms with Crippen LogP contribution in [0.4, 0.5) is 0 Å². The largest absolute Gasteiger partial charge is 0.316 e. The molecule has 0 amide bonds. The Morgan fingerprint density at radius 1 is 1.33 bits per heavy atom. The molecule has 3 unspecified atom stereocenters. The van der Waals surface area contributed by atoms with Gasteiger partial charge in [0.25, 0.3) is 0 Å². The van der Waals surface area contributed by atoms with Crippen molar-refractivity contribution in [3.63, 3.8) is 0 Å². The fourth-order valence-electron chi connectivity index (χ4n) is 2.76. The molecule has 3 atom stereocenters. The summed E-state index contributed by atoms with van der Waals surface area (Å²) in [6, 6.07) is 0.188. The highest BCUT2D eigenvalue weighted by Crippen LogP contribution is 2.29. The molecule has 0 aromatic heterocycles. The summed E-state index contributed by atoms with van der Waals surface area (Å²) in [4.78, 5) is 0. The molecule has 108 valence electrons. The van der Waals surface area contributed by atoms with E-state index in [4.69, 9.17) is 0 Å². The van der Waals surface area contributed by atoms with Crippen LogP contribution in [0.15, 0.2) is 0 Å². The van der Waals surface area contributed by atoms with E-state index in [1.165, 1.54) is 6.42 Å². The Bertz CT molecular complexity index is 343. The summed E-state index contributed by atoms with van der Waals surface area (Å²) >= 11 is 0. The van der Waals surface area contributed by atoms with Gasteiger partial charge in [0.15, 0.2) is 0 Å². The number of nitrogens with one attached hydrogen (secondary N) is 1. The third-order valence-corrected chi connectivity index (χ3v) is 6.38. The van der Waals surface area contributed by atoms with E-state index in [0.717, 1.165) is 25.8 Å². The normalized spacial score (nSPS) is 27.4. The Morgan fingerprint density at radius 3 is 2.50 bits per heavy atom. The lowest BCUT2D eigenvalue weighted by atomic mass is 9.86. The van der Waals surface area contributed by atoms with E-state index in [1.807, 2.05) is 6.92 Å². The number of rotatable bonds is 6. The summed E-state index contributed by atoms with van der Waals surface area (Å²) < 4.78 is 26.6. The zero-order valence-electron chi connectivity index (χ0n) is 12.1. The molecule has 0 spiro atoms. The van der Waals surface area contributed by atoms with E-state index in [9.17, 15) is 8.42 Å². The molecule has 1 rings (SSSR count). The van der Waals surface area contributed by atoms with Gasteiger partial charge in [0.1, 0.15) is 0 Å². The van der Waals surface area contributed by atoms with Gasteiger partial charge >= 0.3 is 0 Å². The maximum atomic E-state index is 12.5. The maximum absolute atomic E-state index is 12.5. The summed E-state index contributed by atoms with van der Waals surface area (Å²) in [7, 11) is -1.42. The molecule has 0 bridgehead atoms. The average molecular weight is 276 g/mol. The third kappa shape index (κ3) is 3.68. The Labute approximate surface area is 112 Å². The van der Waals surface area contributed by atoms with E-state index in [0.29, 0.717) is 12.5 Å². The van der Waals surface area contributed by atoms with Crippen LogP contribution in [0.3, 0.4) is 0 Å². The molecule has 5 heteroatoms. The second-order valence-electron chi connectivity index (χ2n) is 5.51. The number of nitrogens with zero attached hydrogens (tertiary/aromatic N) is 1. The molecule has 1 aliphatic rings. The van der Waals surface area contributed by atoms with E-state index in [1.54, 1.807) is 18.3 Å². The summed E-state index contributed by atoms with van der Waals surface area (Å²) in [5, 5.41) is 2.77. The van der Waals surface area contributed by atoms with Gasteiger partial charge in [-0.2, -0.15) is 0 Å². The summed E-state index contributed by atoms with van der Waals surface area (Å²) in [6.45, 7) is 7.30. The van der Waals surface area contributed by atoms with Crippen LogP contribution in [0.2, 0.25) is 0 Å². The predicted molar refractivity (Wildman–Crippen MR) is 76.1 cm³/mol. The Morgan fingerprint density at radius 2 is 1.94 bits per heavy atom.